The van der Waals surface area contributed by atoms with Gasteiger partial charge in [0.1, 0.15) is 5.69 Å². The van der Waals surface area contributed by atoms with Crippen molar-refractivity contribution in [1.29, 1.82) is 0 Å². The Labute approximate surface area is 102 Å². The molecule has 1 amide bonds. The highest BCUT2D eigenvalue weighted by atomic mass is 19.4. The fourth-order valence-corrected chi connectivity index (χ4v) is 1.58. The Balaban J connectivity index is 2.73. The number of rotatable bonds is 4. The van der Waals surface area contributed by atoms with Crippen molar-refractivity contribution in [3.63, 3.8) is 0 Å². The highest BCUT2D eigenvalue weighted by molar-refractivity contribution is 5.97. The quantitative estimate of drug-likeness (QED) is 0.866. The Bertz CT molecular complexity index is 427. The highest BCUT2D eigenvalue weighted by Crippen LogP contribution is 2.21. The fourth-order valence-electron chi connectivity index (χ4n) is 1.58. The molecule has 1 unspecified atom stereocenters. The van der Waals surface area contributed by atoms with Crippen LogP contribution in [0.25, 0.3) is 0 Å². The smallest absolute Gasteiger partial charge is 0.391 e. The molecule has 0 radical (unpaired) electrons. The van der Waals surface area contributed by atoms with Gasteiger partial charge in [0.25, 0.3) is 5.91 Å². The van der Waals surface area contributed by atoms with E-state index in [4.69, 9.17) is 5.73 Å². The molecular weight excluding hydrogens is 249 g/mol. The summed E-state index contributed by atoms with van der Waals surface area (Å²) in [5.41, 5.74) is 5.79. The molecule has 1 rings (SSSR count). The number of halogens is 3. The fraction of sp³-hybridized carbons (Fsp3) is 0.600. The van der Waals surface area contributed by atoms with E-state index in [2.05, 4.69) is 10.4 Å². The zero-order valence-electron chi connectivity index (χ0n) is 10.1. The Morgan fingerprint density at radius 1 is 1.61 bits per heavy atom. The molecule has 102 valence electrons. The minimum Gasteiger partial charge on any atom is -0.396 e. The first kappa shape index (κ1) is 14.3. The molecule has 0 fully saturated rings. The zero-order valence-corrected chi connectivity index (χ0v) is 10.1. The monoisotopic (exact) mass is 264 g/mol. The summed E-state index contributed by atoms with van der Waals surface area (Å²) in [6.45, 7) is 3.45. The topological polar surface area (TPSA) is 72.9 Å². The standard InChI is InChI=1S/C10H15F3N4O/c1-3-17-8(7(14)5-15-17)9(18)16-6(2)4-10(11,12)13/h5-6H,3-4,14H2,1-2H3,(H,16,18). The van der Waals surface area contributed by atoms with Crippen LogP contribution in [0.1, 0.15) is 30.8 Å². The number of anilines is 1. The molecule has 1 aromatic heterocycles. The van der Waals surface area contributed by atoms with Crippen LogP contribution in [0.15, 0.2) is 6.20 Å². The Morgan fingerprint density at radius 3 is 2.72 bits per heavy atom. The number of carbonyl (C=O) groups is 1. The van der Waals surface area contributed by atoms with Gasteiger partial charge in [-0.1, -0.05) is 0 Å². The van der Waals surface area contributed by atoms with E-state index in [0.717, 1.165) is 0 Å². The van der Waals surface area contributed by atoms with Crippen LogP contribution >= 0.6 is 0 Å². The van der Waals surface area contributed by atoms with Gasteiger partial charge in [-0.25, -0.2) is 0 Å². The van der Waals surface area contributed by atoms with Crippen molar-refractivity contribution >= 4 is 11.6 Å². The number of hydrogen-bond acceptors (Lipinski definition) is 3. The number of nitrogens with one attached hydrogen (secondary N) is 1. The summed E-state index contributed by atoms with van der Waals surface area (Å²) in [6.07, 6.45) is -4.10. The number of nitrogen functional groups attached to an aromatic ring is 1. The van der Waals surface area contributed by atoms with Gasteiger partial charge in [0.2, 0.25) is 0 Å². The maximum atomic E-state index is 12.1. The number of alkyl halides is 3. The van der Waals surface area contributed by atoms with Gasteiger partial charge in [-0.2, -0.15) is 18.3 Å². The second-order valence-corrected chi connectivity index (χ2v) is 3.96. The van der Waals surface area contributed by atoms with E-state index in [1.165, 1.54) is 17.8 Å². The second-order valence-electron chi connectivity index (χ2n) is 3.96. The Kier molecular flexibility index (Phi) is 4.20. The van der Waals surface area contributed by atoms with Crippen molar-refractivity contribution in [1.82, 2.24) is 15.1 Å². The van der Waals surface area contributed by atoms with Crippen molar-refractivity contribution in [2.45, 2.75) is 39.0 Å². The molecule has 0 bridgehead atoms. The number of aromatic nitrogens is 2. The lowest BCUT2D eigenvalue weighted by Crippen LogP contribution is -2.37. The molecule has 0 aliphatic rings. The highest BCUT2D eigenvalue weighted by Gasteiger charge is 2.31. The average Bonchev–Trinajstić information content (AvgIpc) is 2.56. The molecule has 5 nitrogen and oxygen atoms in total. The molecule has 3 N–H and O–H groups in total. The Morgan fingerprint density at radius 2 is 2.22 bits per heavy atom. The van der Waals surface area contributed by atoms with Crippen LogP contribution < -0.4 is 11.1 Å². The third kappa shape index (κ3) is 3.64. The SMILES string of the molecule is CCn1ncc(N)c1C(=O)NC(C)CC(F)(F)F. The first-order valence-corrected chi connectivity index (χ1v) is 5.43. The molecular formula is C10H15F3N4O. The van der Waals surface area contributed by atoms with Crippen molar-refractivity contribution in [3.05, 3.63) is 11.9 Å². The molecule has 0 saturated heterocycles. The Hall–Kier alpha value is -1.73. The van der Waals surface area contributed by atoms with Crippen molar-refractivity contribution in [3.8, 4) is 0 Å². The number of nitrogens with two attached hydrogens (primary N) is 1. The van der Waals surface area contributed by atoms with Crippen LogP contribution in [0.5, 0.6) is 0 Å². The predicted molar refractivity (Wildman–Crippen MR) is 59.9 cm³/mol. The first-order chi connectivity index (χ1) is 8.24. The maximum Gasteiger partial charge on any atom is 0.391 e. The van der Waals surface area contributed by atoms with E-state index >= 15 is 0 Å². The molecule has 0 aliphatic carbocycles. The van der Waals surface area contributed by atoms with Gasteiger partial charge >= 0.3 is 6.18 Å². The average molecular weight is 264 g/mol. The third-order valence-electron chi connectivity index (χ3n) is 2.30. The minimum atomic E-state index is -4.32. The summed E-state index contributed by atoms with van der Waals surface area (Å²) in [5, 5.41) is 6.10. The van der Waals surface area contributed by atoms with Gasteiger partial charge in [0.05, 0.1) is 18.3 Å². The normalized spacial score (nSPS) is 13.4. The van der Waals surface area contributed by atoms with Crippen LogP contribution in [0, 0.1) is 0 Å². The lowest BCUT2D eigenvalue weighted by Gasteiger charge is -2.16. The summed E-state index contributed by atoms with van der Waals surface area (Å²) >= 11 is 0. The van der Waals surface area contributed by atoms with Crippen LogP contribution in [-0.2, 0) is 6.54 Å². The van der Waals surface area contributed by atoms with Gasteiger partial charge in [0.15, 0.2) is 0 Å². The van der Waals surface area contributed by atoms with Crippen molar-refractivity contribution < 1.29 is 18.0 Å². The second kappa shape index (κ2) is 5.28. The van der Waals surface area contributed by atoms with E-state index in [0.29, 0.717) is 6.54 Å². The summed E-state index contributed by atoms with van der Waals surface area (Å²) in [4.78, 5) is 11.8. The van der Waals surface area contributed by atoms with Gasteiger partial charge in [-0.15, -0.1) is 0 Å². The summed E-state index contributed by atoms with van der Waals surface area (Å²) < 4.78 is 37.7. The molecule has 1 aromatic rings. The largest absolute Gasteiger partial charge is 0.396 e. The van der Waals surface area contributed by atoms with Gasteiger partial charge < -0.3 is 11.1 Å². The van der Waals surface area contributed by atoms with E-state index in [9.17, 15) is 18.0 Å². The third-order valence-corrected chi connectivity index (χ3v) is 2.30. The van der Waals surface area contributed by atoms with Crippen molar-refractivity contribution in [2.75, 3.05) is 5.73 Å². The minimum absolute atomic E-state index is 0.0894. The van der Waals surface area contributed by atoms with E-state index in [1.807, 2.05) is 0 Å². The number of carbonyl (C=O) groups excluding carboxylic acids is 1. The molecule has 0 saturated carbocycles. The van der Waals surface area contributed by atoms with Crippen LogP contribution in [0.3, 0.4) is 0 Å². The molecule has 18 heavy (non-hydrogen) atoms. The zero-order chi connectivity index (χ0) is 13.9. The van der Waals surface area contributed by atoms with Gasteiger partial charge in [-0.05, 0) is 13.8 Å². The van der Waals surface area contributed by atoms with Crippen LogP contribution in [0.2, 0.25) is 0 Å². The number of amides is 1. The van der Waals surface area contributed by atoms with Gasteiger partial charge in [0, 0.05) is 12.6 Å². The first-order valence-electron chi connectivity index (χ1n) is 5.43. The molecule has 1 heterocycles. The predicted octanol–water partition coefficient (Wildman–Crippen LogP) is 1.56. The summed E-state index contributed by atoms with van der Waals surface area (Å²) in [5.74, 6) is -0.649. The molecule has 0 aromatic carbocycles. The van der Waals surface area contributed by atoms with Gasteiger partial charge in [-0.3, -0.25) is 9.48 Å². The molecule has 8 heteroatoms. The van der Waals surface area contributed by atoms with E-state index in [1.54, 1.807) is 6.92 Å². The lowest BCUT2D eigenvalue weighted by atomic mass is 10.2. The van der Waals surface area contributed by atoms with Crippen LogP contribution in [-0.4, -0.2) is 27.9 Å². The molecule has 1 atom stereocenters. The van der Waals surface area contributed by atoms with E-state index < -0.39 is 24.5 Å². The van der Waals surface area contributed by atoms with Crippen molar-refractivity contribution in [2.24, 2.45) is 0 Å². The summed E-state index contributed by atoms with van der Waals surface area (Å²) in [6, 6.07) is -1.02. The number of aryl methyl sites for hydroxylation is 1. The number of nitrogens with zero attached hydrogens (tertiary/aromatic N) is 2. The van der Waals surface area contributed by atoms with Crippen LogP contribution in [0.4, 0.5) is 18.9 Å². The summed E-state index contributed by atoms with van der Waals surface area (Å²) in [7, 11) is 0. The lowest BCUT2D eigenvalue weighted by molar-refractivity contribution is -0.138. The maximum absolute atomic E-state index is 12.1. The molecule has 0 aliphatic heterocycles. The molecule has 0 spiro atoms. The number of hydrogen-bond donors (Lipinski definition) is 2. The van der Waals surface area contributed by atoms with E-state index in [-0.39, 0.29) is 11.4 Å².